The monoisotopic (exact) mass is 278 g/mol. The summed E-state index contributed by atoms with van der Waals surface area (Å²) >= 11 is 0. The third-order valence-corrected chi connectivity index (χ3v) is 4.45. The molecule has 110 valence electrons. The first-order chi connectivity index (χ1) is 9.69. The number of imidazole rings is 1. The summed E-state index contributed by atoms with van der Waals surface area (Å²) in [7, 11) is 3.69. The predicted octanol–water partition coefficient (Wildman–Crippen LogP) is -0.0433. The molecule has 2 aliphatic rings. The third kappa shape index (κ3) is 2.45. The van der Waals surface area contributed by atoms with Crippen molar-refractivity contribution in [1.82, 2.24) is 19.4 Å². The SMILES string of the molecule is COCCN1C[C@@H]2CN(Cc3nccn3C)C[C@@H]2C1=O. The van der Waals surface area contributed by atoms with E-state index in [1.165, 1.54) is 0 Å². The fraction of sp³-hybridized carbons (Fsp3) is 0.714. The molecule has 0 aromatic carbocycles. The molecular weight excluding hydrogens is 256 g/mol. The van der Waals surface area contributed by atoms with Crippen LogP contribution in [0.5, 0.6) is 0 Å². The quantitative estimate of drug-likeness (QED) is 0.758. The first kappa shape index (κ1) is 13.6. The highest BCUT2D eigenvalue weighted by Crippen LogP contribution is 2.32. The summed E-state index contributed by atoms with van der Waals surface area (Å²) in [5.41, 5.74) is 0. The number of hydrogen-bond donors (Lipinski definition) is 0. The summed E-state index contributed by atoms with van der Waals surface area (Å²) in [5, 5.41) is 0. The van der Waals surface area contributed by atoms with Crippen LogP contribution in [0.2, 0.25) is 0 Å². The average Bonchev–Trinajstić information content (AvgIpc) is 3.07. The number of carbonyl (C=O) groups is 1. The number of aryl methyl sites for hydroxylation is 1. The minimum absolute atomic E-state index is 0.173. The molecule has 1 aromatic rings. The van der Waals surface area contributed by atoms with Crippen molar-refractivity contribution in [3.63, 3.8) is 0 Å². The molecule has 0 bridgehead atoms. The van der Waals surface area contributed by atoms with Gasteiger partial charge in [0, 0.05) is 58.6 Å². The average molecular weight is 278 g/mol. The van der Waals surface area contributed by atoms with Crippen LogP contribution in [0.4, 0.5) is 0 Å². The Balaban J connectivity index is 1.57. The Morgan fingerprint density at radius 3 is 2.90 bits per heavy atom. The van der Waals surface area contributed by atoms with Gasteiger partial charge in [-0.25, -0.2) is 4.98 Å². The number of hydrogen-bond acceptors (Lipinski definition) is 4. The van der Waals surface area contributed by atoms with Crippen molar-refractivity contribution in [2.24, 2.45) is 18.9 Å². The molecule has 3 rings (SSSR count). The standard InChI is InChI=1S/C14H22N4O2/c1-16-4-3-15-13(16)10-17-7-11-8-18(5-6-20-2)14(19)12(11)9-17/h3-4,11-12H,5-10H2,1-2H3/t11-,12-/m0/s1. The molecular formula is C14H22N4O2. The van der Waals surface area contributed by atoms with E-state index in [2.05, 4.69) is 9.88 Å². The zero-order chi connectivity index (χ0) is 14.1. The minimum atomic E-state index is 0.173. The van der Waals surface area contributed by atoms with E-state index in [0.717, 1.165) is 38.5 Å². The molecule has 20 heavy (non-hydrogen) atoms. The van der Waals surface area contributed by atoms with Gasteiger partial charge in [0.1, 0.15) is 5.82 Å². The normalized spacial score (nSPS) is 26.5. The van der Waals surface area contributed by atoms with Gasteiger partial charge in [0.25, 0.3) is 0 Å². The van der Waals surface area contributed by atoms with Crippen LogP contribution in [0.3, 0.4) is 0 Å². The fourth-order valence-electron chi connectivity index (χ4n) is 3.31. The lowest BCUT2D eigenvalue weighted by atomic mass is 10.0. The molecule has 0 radical (unpaired) electrons. The van der Waals surface area contributed by atoms with E-state index in [0.29, 0.717) is 18.4 Å². The van der Waals surface area contributed by atoms with Crippen molar-refractivity contribution in [1.29, 1.82) is 0 Å². The Hall–Kier alpha value is -1.40. The van der Waals surface area contributed by atoms with E-state index >= 15 is 0 Å². The predicted molar refractivity (Wildman–Crippen MR) is 73.9 cm³/mol. The van der Waals surface area contributed by atoms with Gasteiger partial charge in [-0.3, -0.25) is 9.69 Å². The number of aromatic nitrogens is 2. The Morgan fingerprint density at radius 2 is 2.25 bits per heavy atom. The lowest BCUT2D eigenvalue weighted by Crippen LogP contribution is -2.34. The Labute approximate surface area is 119 Å². The first-order valence-corrected chi connectivity index (χ1v) is 7.15. The Kier molecular flexibility index (Phi) is 3.76. The maximum Gasteiger partial charge on any atom is 0.227 e. The van der Waals surface area contributed by atoms with Gasteiger partial charge >= 0.3 is 0 Å². The number of likely N-dealkylation sites (tertiary alicyclic amines) is 2. The second kappa shape index (κ2) is 5.54. The Bertz CT molecular complexity index is 487. The highest BCUT2D eigenvalue weighted by Gasteiger charge is 2.45. The largest absolute Gasteiger partial charge is 0.383 e. The number of ether oxygens (including phenoxy) is 1. The number of fused-ring (bicyclic) bond motifs is 1. The van der Waals surface area contributed by atoms with Gasteiger partial charge < -0.3 is 14.2 Å². The molecule has 3 heterocycles. The molecule has 2 fully saturated rings. The zero-order valence-corrected chi connectivity index (χ0v) is 12.2. The molecule has 6 heteroatoms. The minimum Gasteiger partial charge on any atom is -0.383 e. The van der Waals surface area contributed by atoms with Crippen LogP contribution in [-0.4, -0.2) is 65.2 Å². The summed E-state index contributed by atoms with van der Waals surface area (Å²) in [4.78, 5) is 21.0. The van der Waals surface area contributed by atoms with Gasteiger partial charge in [0.05, 0.1) is 19.1 Å². The maximum atomic E-state index is 12.3. The van der Waals surface area contributed by atoms with Crippen LogP contribution >= 0.6 is 0 Å². The van der Waals surface area contributed by atoms with Crippen molar-refractivity contribution in [2.45, 2.75) is 6.54 Å². The first-order valence-electron chi connectivity index (χ1n) is 7.15. The summed E-state index contributed by atoms with van der Waals surface area (Å²) in [6.45, 7) is 4.92. The zero-order valence-electron chi connectivity index (χ0n) is 12.2. The second-order valence-electron chi connectivity index (χ2n) is 5.79. The molecule has 0 saturated carbocycles. The Morgan fingerprint density at radius 1 is 1.40 bits per heavy atom. The molecule has 2 aliphatic heterocycles. The van der Waals surface area contributed by atoms with Crippen LogP contribution in [0, 0.1) is 11.8 Å². The van der Waals surface area contributed by atoms with Crippen molar-refractivity contribution in [3.8, 4) is 0 Å². The summed E-state index contributed by atoms with van der Waals surface area (Å²) in [6, 6.07) is 0. The highest BCUT2D eigenvalue weighted by atomic mass is 16.5. The van der Waals surface area contributed by atoms with E-state index in [-0.39, 0.29) is 5.92 Å². The third-order valence-electron chi connectivity index (χ3n) is 4.45. The van der Waals surface area contributed by atoms with E-state index in [4.69, 9.17) is 4.74 Å². The summed E-state index contributed by atoms with van der Waals surface area (Å²) < 4.78 is 7.11. The number of methoxy groups -OCH3 is 1. The molecule has 6 nitrogen and oxygen atoms in total. The van der Waals surface area contributed by atoms with Gasteiger partial charge in [-0.15, -0.1) is 0 Å². The van der Waals surface area contributed by atoms with Gasteiger partial charge in [-0.2, -0.15) is 0 Å². The van der Waals surface area contributed by atoms with Crippen LogP contribution in [0.1, 0.15) is 5.82 Å². The molecule has 0 aliphatic carbocycles. The molecule has 1 aromatic heterocycles. The van der Waals surface area contributed by atoms with Crippen molar-refractivity contribution < 1.29 is 9.53 Å². The lowest BCUT2D eigenvalue weighted by molar-refractivity contribution is -0.131. The lowest BCUT2D eigenvalue weighted by Gasteiger charge is -2.21. The second-order valence-corrected chi connectivity index (χ2v) is 5.79. The molecule has 1 amide bonds. The molecule has 2 saturated heterocycles. The smallest absolute Gasteiger partial charge is 0.227 e. The van der Waals surface area contributed by atoms with Crippen molar-refractivity contribution in [2.75, 3.05) is 39.9 Å². The van der Waals surface area contributed by atoms with Crippen molar-refractivity contribution in [3.05, 3.63) is 18.2 Å². The number of amides is 1. The van der Waals surface area contributed by atoms with Crippen LogP contribution in [0.15, 0.2) is 12.4 Å². The van der Waals surface area contributed by atoms with E-state index in [9.17, 15) is 4.79 Å². The van der Waals surface area contributed by atoms with E-state index < -0.39 is 0 Å². The maximum absolute atomic E-state index is 12.3. The van der Waals surface area contributed by atoms with Crippen LogP contribution in [0.25, 0.3) is 0 Å². The number of nitrogens with zero attached hydrogens (tertiary/aromatic N) is 4. The molecule has 2 atom stereocenters. The van der Waals surface area contributed by atoms with Crippen LogP contribution in [-0.2, 0) is 23.1 Å². The van der Waals surface area contributed by atoms with Gasteiger partial charge in [-0.1, -0.05) is 0 Å². The fourth-order valence-corrected chi connectivity index (χ4v) is 3.31. The molecule has 0 spiro atoms. The van der Waals surface area contributed by atoms with Gasteiger partial charge in [0.15, 0.2) is 0 Å². The van der Waals surface area contributed by atoms with E-state index in [1.807, 2.05) is 28.9 Å². The number of rotatable bonds is 5. The van der Waals surface area contributed by atoms with Gasteiger partial charge in [-0.05, 0) is 0 Å². The highest BCUT2D eigenvalue weighted by molar-refractivity contribution is 5.82. The number of carbonyl (C=O) groups excluding carboxylic acids is 1. The summed E-state index contributed by atoms with van der Waals surface area (Å²) in [6.07, 6.45) is 3.79. The summed E-state index contributed by atoms with van der Waals surface area (Å²) in [5.74, 6) is 2.01. The van der Waals surface area contributed by atoms with Crippen LogP contribution < -0.4 is 0 Å². The van der Waals surface area contributed by atoms with Crippen molar-refractivity contribution >= 4 is 5.91 Å². The van der Waals surface area contributed by atoms with Gasteiger partial charge in [0.2, 0.25) is 5.91 Å². The molecule has 0 N–H and O–H groups in total. The van der Waals surface area contributed by atoms with E-state index in [1.54, 1.807) is 7.11 Å². The molecule has 0 unspecified atom stereocenters. The topological polar surface area (TPSA) is 50.6 Å².